The van der Waals surface area contributed by atoms with Crippen LogP contribution in [0.3, 0.4) is 0 Å². The first-order chi connectivity index (χ1) is 13.5. The Kier molecular flexibility index (Phi) is 5.11. The van der Waals surface area contributed by atoms with Crippen LogP contribution < -0.4 is 15.5 Å². The van der Waals surface area contributed by atoms with Gasteiger partial charge in [-0.1, -0.05) is 6.07 Å². The Bertz CT molecular complexity index is 1000. The Morgan fingerprint density at radius 1 is 1.21 bits per heavy atom. The molecular formula is C21H20N4OS2. The molecule has 1 aliphatic rings. The lowest BCUT2D eigenvalue weighted by Gasteiger charge is -2.27. The van der Waals surface area contributed by atoms with Crippen LogP contribution in [0.1, 0.15) is 35.1 Å². The average Bonchev–Trinajstić information content (AvgIpc) is 3.25. The van der Waals surface area contributed by atoms with Crippen molar-refractivity contribution in [2.75, 3.05) is 10.2 Å². The summed E-state index contributed by atoms with van der Waals surface area (Å²) in [6.45, 7) is 3.63. The van der Waals surface area contributed by atoms with Crippen molar-refractivity contribution >= 4 is 45.9 Å². The second-order valence-electron chi connectivity index (χ2n) is 6.69. The fourth-order valence-corrected chi connectivity index (χ4v) is 4.89. The number of aromatic nitrogens is 1. The Morgan fingerprint density at radius 3 is 2.61 bits per heavy atom. The Balaban J connectivity index is 1.75. The minimum atomic E-state index is -0.0894. The number of carbonyl (C=O) groups is 1. The van der Waals surface area contributed by atoms with Crippen LogP contribution in [0, 0.1) is 6.92 Å². The van der Waals surface area contributed by atoms with Crippen molar-refractivity contribution in [3.63, 3.8) is 0 Å². The van der Waals surface area contributed by atoms with Gasteiger partial charge in [0.1, 0.15) is 0 Å². The molecule has 0 saturated carbocycles. The van der Waals surface area contributed by atoms with Crippen molar-refractivity contribution in [3.8, 4) is 0 Å². The van der Waals surface area contributed by atoms with Gasteiger partial charge >= 0.3 is 0 Å². The number of benzene rings is 1. The number of aryl methyl sites for hydroxylation is 1. The van der Waals surface area contributed by atoms with E-state index in [0.717, 1.165) is 17.1 Å². The van der Waals surface area contributed by atoms with Crippen LogP contribution in [0.25, 0.3) is 0 Å². The van der Waals surface area contributed by atoms with Gasteiger partial charge < -0.3 is 15.5 Å². The predicted octanol–water partition coefficient (Wildman–Crippen LogP) is 4.59. The summed E-state index contributed by atoms with van der Waals surface area (Å²) in [5.74, 6) is -0.0894. The molecule has 1 aromatic carbocycles. The summed E-state index contributed by atoms with van der Waals surface area (Å²) in [4.78, 5) is 19.3. The smallest absolute Gasteiger partial charge is 0.221 e. The summed E-state index contributed by atoms with van der Waals surface area (Å²) in [5, 5.41) is 9.04. The molecule has 0 spiro atoms. The van der Waals surface area contributed by atoms with Gasteiger partial charge in [-0.15, -0.1) is 11.3 Å². The van der Waals surface area contributed by atoms with E-state index in [1.54, 1.807) is 11.3 Å². The summed E-state index contributed by atoms with van der Waals surface area (Å²) in [5.41, 5.74) is 3.93. The van der Waals surface area contributed by atoms with Gasteiger partial charge in [-0.3, -0.25) is 9.78 Å². The van der Waals surface area contributed by atoms with Crippen molar-refractivity contribution in [2.24, 2.45) is 0 Å². The minimum Gasteiger partial charge on any atom is -0.351 e. The Morgan fingerprint density at radius 2 is 2.00 bits per heavy atom. The van der Waals surface area contributed by atoms with E-state index in [0.29, 0.717) is 5.11 Å². The monoisotopic (exact) mass is 408 g/mol. The maximum atomic E-state index is 11.3. The molecule has 1 fully saturated rings. The lowest BCUT2D eigenvalue weighted by atomic mass is 10.0. The quantitative estimate of drug-likeness (QED) is 0.619. The number of rotatable bonds is 4. The van der Waals surface area contributed by atoms with Crippen LogP contribution in [-0.4, -0.2) is 16.0 Å². The molecule has 2 atom stereocenters. The molecule has 3 aromatic rings. The van der Waals surface area contributed by atoms with Crippen LogP contribution in [0.2, 0.25) is 0 Å². The second-order valence-corrected chi connectivity index (χ2v) is 8.03. The van der Waals surface area contributed by atoms with E-state index >= 15 is 0 Å². The summed E-state index contributed by atoms with van der Waals surface area (Å²) >= 11 is 7.45. The van der Waals surface area contributed by atoms with Crippen LogP contribution in [0.15, 0.2) is 60.1 Å². The molecule has 7 heteroatoms. The number of anilines is 2. The topological polar surface area (TPSA) is 57.3 Å². The normalized spacial score (nSPS) is 18.8. The number of thiophene rings is 1. The van der Waals surface area contributed by atoms with E-state index in [4.69, 9.17) is 12.2 Å². The minimum absolute atomic E-state index is 0.00835. The SMILES string of the molecule is CC(=O)Nc1ccc(N2C(=S)N[C@@H](c3ccccn3)[C@@H]2c2sccc2C)cc1. The fraction of sp³-hybridized carbons (Fsp3) is 0.190. The average molecular weight is 409 g/mol. The molecule has 0 bridgehead atoms. The second kappa shape index (κ2) is 7.69. The number of hydrogen-bond donors (Lipinski definition) is 2. The number of thiocarbonyl (C=S) groups is 1. The lowest BCUT2D eigenvalue weighted by Crippen LogP contribution is -2.29. The fourth-order valence-electron chi connectivity index (χ4n) is 3.50. The highest BCUT2D eigenvalue weighted by molar-refractivity contribution is 7.80. The number of nitrogens with one attached hydrogen (secondary N) is 2. The molecule has 4 rings (SSSR count). The third kappa shape index (κ3) is 3.50. The highest BCUT2D eigenvalue weighted by Crippen LogP contribution is 2.44. The third-order valence-corrected chi connectivity index (χ3v) is 6.14. The zero-order valence-corrected chi connectivity index (χ0v) is 17.2. The van der Waals surface area contributed by atoms with Gasteiger partial charge in [0, 0.05) is 29.4 Å². The molecule has 5 nitrogen and oxygen atoms in total. The number of pyridine rings is 1. The van der Waals surface area contributed by atoms with Crippen molar-refractivity contribution < 1.29 is 4.79 Å². The van der Waals surface area contributed by atoms with Crippen molar-refractivity contribution in [3.05, 3.63) is 76.2 Å². The summed E-state index contributed by atoms with van der Waals surface area (Å²) in [6, 6.07) is 15.8. The molecule has 0 radical (unpaired) electrons. The maximum Gasteiger partial charge on any atom is 0.221 e. The van der Waals surface area contributed by atoms with Gasteiger partial charge in [0.15, 0.2) is 5.11 Å². The molecular weight excluding hydrogens is 388 g/mol. The van der Waals surface area contributed by atoms with Gasteiger partial charge in [-0.25, -0.2) is 0 Å². The van der Waals surface area contributed by atoms with E-state index in [1.165, 1.54) is 17.4 Å². The number of carbonyl (C=O) groups excluding carboxylic acids is 1. The first-order valence-electron chi connectivity index (χ1n) is 8.97. The molecule has 1 amide bonds. The molecule has 3 heterocycles. The molecule has 1 saturated heterocycles. The van der Waals surface area contributed by atoms with E-state index in [2.05, 4.69) is 38.9 Å². The molecule has 142 valence electrons. The summed E-state index contributed by atoms with van der Waals surface area (Å²) < 4.78 is 0. The van der Waals surface area contributed by atoms with Crippen LogP contribution in [-0.2, 0) is 4.79 Å². The van der Waals surface area contributed by atoms with E-state index < -0.39 is 0 Å². The zero-order chi connectivity index (χ0) is 19.7. The molecule has 2 aromatic heterocycles. The predicted molar refractivity (Wildman–Crippen MR) is 118 cm³/mol. The van der Waals surface area contributed by atoms with Gasteiger partial charge in [0.2, 0.25) is 5.91 Å². The van der Waals surface area contributed by atoms with Crippen molar-refractivity contribution in [1.29, 1.82) is 0 Å². The standard InChI is InChI=1S/C21H20N4OS2/c1-13-10-12-28-20(13)19-18(17-5-3-4-11-22-17)24-21(27)25(19)16-8-6-15(7-9-16)23-14(2)26/h3-12,18-19H,1-2H3,(H,23,26)(H,24,27)/t18-,19+/m0/s1. The molecule has 2 N–H and O–H groups in total. The third-order valence-electron chi connectivity index (χ3n) is 4.73. The van der Waals surface area contributed by atoms with Crippen molar-refractivity contribution in [1.82, 2.24) is 10.3 Å². The van der Waals surface area contributed by atoms with Gasteiger partial charge in [-0.05, 0) is 72.5 Å². The molecule has 1 aliphatic heterocycles. The number of hydrogen-bond acceptors (Lipinski definition) is 4. The Labute approximate surface area is 173 Å². The first kappa shape index (κ1) is 18.6. The highest BCUT2D eigenvalue weighted by atomic mass is 32.1. The summed E-state index contributed by atoms with van der Waals surface area (Å²) in [6.07, 6.45) is 1.81. The molecule has 0 unspecified atom stereocenters. The van der Waals surface area contributed by atoms with E-state index in [-0.39, 0.29) is 18.0 Å². The zero-order valence-electron chi connectivity index (χ0n) is 15.5. The number of nitrogens with zero attached hydrogens (tertiary/aromatic N) is 2. The Hall–Kier alpha value is -2.77. The summed E-state index contributed by atoms with van der Waals surface area (Å²) in [7, 11) is 0. The lowest BCUT2D eigenvalue weighted by molar-refractivity contribution is -0.114. The van der Waals surface area contributed by atoms with E-state index in [9.17, 15) is 4.79 Å². The first-order valence-corrected chi connectivity index (χ1v) is 10.3. The van der Waals surface area contributed by atoms with Crippen LogP contribution in [0.4, 0.5) is 11.4 Å². The molecule has 0 aliphatic carbocycles. The van der Waals surface area contributed by atoms with E-state index in [1.807, 2.05) is 48.7 Å². The van der Waals surface area contributed by atoms with Gasteiger partial charge in [0.25, 0.3) is 0 Å². The van der Waals surface area contributed by atoms with Gasteiger partial charge in [-0.2, -0.15) is 0 Å². The highest BCUT2D eigenvalue weighted by Gasteiger charge is 2.41. The largest absolute Gasteiger partial charge is 0.351 e. The number of amides is 1. The molecule has 28 heavy (non-hydrogen) atoms. The van der Waals surface area contributed by atoms with Crippen LogP contribution in [0.5, 0.6) is 0 Å². The maximum absolute atomic E-state index is 11.3. The van der Waals surface area contributed by atoms with Gasteiger partial charge in [0.05, 0.1) is 17.8 Å². The van der Waals surface area contributed by atoms with Crippen molar-refractivity contribution in [2.45, 2.75) is 25.9 Å². The van der Waals surface area contributed by atoms with Crippen LogP contribution >= 0.6 is 23.6 Å².